The number of halogens is 2. The summed E-state index contributed by atoms with van der Waals surface area (Å²) in [4.78, 5) is 34.6. The number of benzene rings is 1. The largest absolute Gasteiger partial charge is 0.497 e. The number of nitrogens with zero attached hydrogens (tertiary/aromatic N) is 3. The Balaban J connectivity index is 1.61. The van der Waals surface area contributed by atoms with Gasteiger partial charge in [-0.25, -0.2) is 14.4 Å². The summed E-state index contributed by atoms with van der Waals surface area (Å²) in [6, 6.07) is 7.28. The number of pyridine rings is 1. The van der Waals surface area contributed by atoms with E-state index in [0.717, 1.165) is 48.8 Å². The minimum Gasteiger partial charge on any atom is -0.497 e. The molecule has 0 N–H and O–H groups in total. The maximum Gasteiger partial charge on any atom is 0.282 e. The zero-order chi connectivity index (χ0) is 22.0. The second kappa shape index (κ2) is 9.20. The van der Waals surface area contributed by atoms with Crippen molar-refractivity contribution in [3.63, 3.8) is 0 Å². The molecule has 3 aromatic rings. The van der Waals surface area contributed by atoms with Gasteiger partial charge in [0, 0.05) is 18.0 Å². The summed E-state index contributed by atoms with van der Waals surface area (Å²) in [6.45, 7) is 0. The van der Waals surface area contributed by atoms with Crippen LogP contribution >= 0.6 is 23.4 Å². The van der Waals surface area contributed by atoms with Gasteiger partial charge < -0.3 is 4.74 Å². The third-order valence-corrected chi connectivity index (χ3v) is 6.22. The third-order valence-electron chi connectivity index (χ3n) is 5.06. The fourth-order valence-electron chi connectivity index (χ4n) is 3.50. The van der Waals surface area contributed by atoms with Gasteiger partial charge in [-0.1, -0.05) is 23.4 Å². The first-order chi connectivity index (χ1) is 15.0. The lowest BCUT2D eigenvalue weighted by Gasteiger charge is -2.13. The standard InChI is InChI=1S/C22H19ClFN3O3S/c1-30-14-7-8-15(16(24)10-14)20(28)12-31-22-26-17-4-2-3-5-19(17)27(22)21(29)18-9-6-13(23)11-25-18/h6-11H,2-5,12H2,1H3. The van der Waals surface area contributed by atoms with Crippen molar-refractivity contribution < 1.29 is 18.7 Å². The van der Waals surface area contributed by atoms with Crippen molar-refractivity contribution in [1.82, 2.24) is 14.5 Å². The molecule has 2 aromatic heterocycles. The topological polar surface area (TPSA) is 74.1 Å². The summed E-state index contributed by atoms with van der Waals surface area (Å²) in [7, 11) is 1.43. The molecule has 0 amide bonds. The summed E-state index contributed by atoms with van der Waals surface area (Å²) < 4.78 is 20.8. The van der Waals surface area contributed by atoms with E-state index < -0.39 is 11.6 Å². The lowest BCUT2D eigenvalue weighted by Crippen LogP contribution is -2.19. The van der Waals surface area contributed by atoms with Crippen molar-refractivity contribution in [3.8, 4) is 5.75 Å². The number of rotatable bonds is 6. The molecule has 0 bridgehead atoms. The van der Waals surface area contributed by atoms with Gasteiger partial charge in [-0.2, -0.15) is 0 Å². The average molecular weight is 460 g/mol. The SMILES string of the molecule is COc1ccc(C(=O)CSc2nc3c(n2C(=O)c2ccc(Cl)cn2)CCCC3)c(F)c1. The van der Waals surface area contributed by atoms with Crippen molar-refractivity contribution in [2.45, 2.75) is 30.8 Å². The van der Waals surface area contributed by atoms with Crippen LogP contribution in [0.2, 0.25) is 5.02 Å². The van der Waals surface area contributed by atoms with Crippen LogP contribution in [0.25, 0.3) is 0 Å². The molecule has 31 heavy (non-hydrogen) atoms. The second-order valence-electron chi connectivity index (χ2n) is 7.05. The number of carbonyl (C=O) groups excluding carboxylic acids is 2. The number of aromatic nitrogens is 3. The van der Waals surface area contributed by atoms with E-state index in [1.54, 1.807) is 12.1 Å². The molecule has 2 heterocycles. The Morgan fingerprint density at radius 2 is 2.03 bits per heavy atom. The van der Waals surface area contributed by atoms with Crippen molar-refractivity contribution in [1.29, 1.82) is 0 Å². The Kier molecular flexibility index (Phi) is 6.38. The van der Waals surface area contributed by atoms with Crippen molar-refractivity contribution in [2.75, 3.05) is 12.9 Å². The van der Waals surface area contributed by atoms with Crippen LogP contribution in [0.1, 0.15) is 45.1 Å². The molecule has 1 aliphatic rings. The monoisotopic (exact) mass is 459 g/mol. The highest BCUT2D eigenvalue weighted by atomic mass is 35.5. The molecule has 0 fully saturated rings. The average Bonchev–Trinajstić information content (AvgIpc) is 3.15. The number of Topliss-reactive ketones (excluding diaryl/α,β-unsaturated/α-hetero) is 1. The predicted octanol–water partition coefficient (Wildman–Crippen LogP) is 4.62. The molecular formula is C22H19ClFN3O3S. The van der Waals surface area contributed by atoms with Gasteiger partial charge in [0.05, 0.1) is 29.1 Å². The molecule has 1 aromatic carbocycles. The van der Waals surface area contributed by atoms with Gasteiger partial charge in [0.15, 0.2) is 10.9 Å². The molecule has 160 valence electrons. The van der Waals surface area contributed by atoms with Gasteiger partial charge in [0.25, 0.3) is 5.91 Å². The molecule has 0 aliphatic heterocycles. The number of aryl methyl sites for hydroxylation is 1. The minimum absolute atomic E-state index is 0.0261. The Morgan fingerprint density at radius 1 is 1.23 bits per heavy atom. The van der Waals surface area contributed by atoms with Crippen LogP contribution in [0.3, 0.4) is 0 Å². The number of thioether (sulfide) groups is 1. The smallest absolute Gasteiger partial charge is 0.282 e. The van der Waals surface area contributed by atoms with Gasteiger partial charge in [-0.05, 0) is 49.9 Å². The highest BCUT2D eigenvalue weighted by Crippen LogP contribution is 2.29. The summed E-state index contributed by atoms with van der Waals surface area (Å²) in [5.74, 6) is -1.08. The first-order valence-electron chi connectivity index (χ1n) is 9.74. The first-order valence-corrected chi connectivity index (χ1v) is 11.1. The molecule has 0 radical (unpaired) electrons. The van der Waals surface area contributed by atoms with E-state index in [0.29, 0.717) is 15.9 Å². The fourth-order valence-corrected chi connectivity index (χ4v) is 4.52. The summed E-state index contributed by atoms with van der Waals surface area (Å²) >= 11 is 7.01. The van der Waals surface area contributed by atoms with Gasteiger partial charge in [0.1, 0.15) is 17.3 Å². The maximum absolute atomic E-state index is 14.3. The molecule has 1 aliphatic carbocycles. The number of fused-ring (bicyclic) bond motifs is 1. The Labute approximate surface area is 187 Å². The van der Waals surface area contributed by atoms with Crippen LogP contribution in [0.5, 0.6) is 5.75 Å². The number of hydrogen-bond donors (Lipinski definition) is 0. The van der Waals surface area contributed by atoms with Crippen LogP contribution in [0.4, 0.5) is 4.39 Å². The van der Waals surface area contributed by atoms with Crippen LogP contribution in [-0.2, 0) is 12.8 Å². The van der Waals surface area contributed by atoms with Gasteiger partial charge >= 0.3 is 0 Å². The molecular weight excluding hydrogens is 441 g/mol. The van der Waals surface area contributed by atoms with E-state index in [4.69, 9.17) is 16.3 Å². The van der Waals surface area contributed by atoms with E-state index >= 15 is 0 Å². The highest BCUT2D eigenvalue weighted by molar-refractivity contribution is 7.99. The number of ether oxygens (including phenoxy) is 1. The lowest BCUT2D eigenvalue weighted by molar-refractivity contribution is 0.0939. The minimum atomic E-state index is -0.644. The van der Waals surface area contributed by atoms with Gasteiger partial charge in [-0.3, -0.25) is 14.2 Å². The highest BCUT2D eigenvalue weighted by Gasteiger charge is 2.26. The van der Waals surface area contributed by atoms with E-state index in [-0.39, 0.29) is 22.9 Å². The van der Waals surface area contributed by atoms with E-state index in [1.165, 1.54) is 36.1 Å². The molecule has 0 spiro atoms. The number of imidazole rings is 1. The van der Waals surface area contributed by atoms with Gasteiger partial charge in [0.2, 0.25) is 0 Å². The van der Waals surface area contributed by atoms with Crippen molar-refractivity contribution in [3.05, 3.63) is 70.0 Å². The van der Waals surface area contributed by atoms with Crippen molar-refractivity contribution in [2.24, 2.45) is 0 Å². The van der Waals surface area contributed by atoms with E-state index in [9.17, 15) is 14.0 Å². The molecule has 0 atom stereocenters. The summed E-state index contributed by atoms with van der Waals surface area (Å²) in [5.41, 5.74) is 1.92. The first kappa shape index (κ1) is 21.5. The van der Waals surface area contributed by atoms with Gasteiger partial charge in [-0.15, -0.1) is 0 Å². The lowest BCUT2D eigenvalue weighted by atomic mass is 10.0. The Hall–Kier alpha value is -2.71. The summed E-state index contributed by atoms with van der Waals surface area (Å²) in [6.07, 6.45) is 4.88. The Morgan fingerprint density at radius 3 is 2.74 bits per heavy atom. The molecule has 0 unspecified atom stereocenters. The van der Waals surface area contributed by atoms with Crippen LogP contribution in [0.15, 0.2) is 41.7 Å². The number of methoxy groups -OCH3 is 1. The number of ketones is 1. The normalized spacial score (nSPS) is 13.0. The Bertz CT molecular complexity index is 1150. The van der Waals surface area contributed by atoms with Crippen LogP contribution < -0.4 is 4.74 Å². The number of hydrogen-bond acceptors (Lipinski definition) is 6. The quantitative estimate of drug-likeness (QED) is 0.395. The molecule has 6 nitrogen and oxygen atoms in total. The second-order valence-corrected chi connectivity index (χ2v) is 8.43. The third kappa shape index (κ3) is 4.50. The van der Waals surface area contributed by atoms with E-state index in [2.05, 4.69) is 9.97 Å². The summed E-state index contributed by atoms with van der Waals surface area (Å²) in [5, 5.41) is 0.849. The van der Waals surface area contributed by atoms with Crippen LogP contribution in [0, 0.1) is 5.82 Å². The van der Waals surface area contributed by atoms with E-state index in [1.807, 2.05) is 0 Å². The zero-order valence-corrected chi connectivity index (χ0v) is 18.3. The molecule has 0 saturated heterocycles. The number of carbonyl (C=O) groups is 2. The zero-order valence-electron chi connectivity index (χ0n) is 16.7. The molecule has 0 saturated carbocycles. The maximum atomic E-state index is 14.3. The molecule has 9 heteroatoms. The van der Waals surface area contributed by atoms with Crippen molar-refractivity contribution >= 4 is 35.1 Å². The van der Waals surface area contributed by atoms with Crippen LogP contribution in [-0.4, -0.2) is 39.1 Å². The molecule has 4 rings (SSSR count). The predicted molar refractivity (Wildman–Crippen MR) is 116 cm³/mol. The fraction of sp³-hybridized carbons (Fsp3) is 0.273.